The zero-order valence-corrected chi connectivity index (χ0v) is 13.1. The number of hydrogen-bond donors (Lipinski definition) is 1. The molecule has 2 atom stereocenters. The van der Waals surface area contributed by atoms with Gasteiger partial charge in [0.05, 0.1) is 6.04 Å². The fraction of sp³-hybridized carbons (Fsp3) is 0.750. The first-order valence-electron chi connectivity index (χ1n) is 7.95. The molecule has 4 heteroatoms. The van der Waals surface area contributed by atoms with E-state index in [9.17, 15) is 0 Å². The van der Waals surface area contributed by atoms with Crippen molar-refractivity contribution in [2.75, 3.05) is 19.6 Å². The van der Waals surface area contributed by atoms with Crippen molar-refractivity contribution in [2.24, 2.45) is 0 Å². The highest BCUT2D eigenvalue weighted by Crippen LogP contribution is 2.36. The van der Waals surface area contributed by atoms with Gasteiger partial charge in [0.2, 0.25) is 0 Å². The van der Waals surface area contributed by atoms with Crippen molar-refractivity contribution in [1.82, 2.24) is 20.2 Å². The quantitative estimate of drug-likeness (QED) is 0.831. The van der Waals surface area contributed by atoms with Gasteiger partial charge in [0.25, 0.3) is 0 Å². The average Bonchev–Trinajstić information content (AvgIpc) is 3.03. The van der Waals surface area contributed by atoms with Crippen molar-refractivity contribution >= 4 is 0 Å². The second-order valence-electron chi connectivity index (χ2n) is 5.96. The number of nitrogens with one attached hydrogen (secondary N) is 1. The molecule has 2 unspecified atom stereocenters. The first-order valence-corrected chi connectivity index (χ1v) is 7.95. The zero-order valence-electron chi connectivity index (χ0n) is 13.1. The van der Waals surface area contributed by atoms with Gasteiger partial charge in [0.15, 0.2) is 0 Å². The molecule has 0 aromatic carbocycles. The van der Waals surface area contributed by atoms with Gasteiger partial charge in [-0.05, 0) is 52.2 Å². The van der Waals surface area contributed by atoms with Gasteiger partial charge in [-0.15, -0.1) is 0 Å². The Kier molecular flexibility index (Phi) is 5.49. The van der Waals surface area contributed by atoms with Crippen LogP contribution in [0.4, 0.5) is 0 Å². The molecule has 0 radical (unpaired) electrons. The van der Waals surface area contributed by atoms with Crippen molar-refractivity contribution in [1.29, 1.82) is 0 Å². The Labute approximate surface area is 123 Å². The summed E-state index contributed by atoms with van der Waals surface area (Å²) in [6.45, 7) is 10.3. The molecule has 1 aliphatic rings. The van der Waals surface area contributed by atoms with Crippen LogP contribution in [0.25, 0.3) is 0 Å². The van der Waals surface area contributed by atoms with E-state index in [-0.39, 0.29) is 5.54 Å². The van der Waals surface area contributed by atoms with Gasteiger partial charge in [-0.1, -0.05) is 13.8 Å². The molecule has 2 rings (SSSR count). The number of aromatic nitrogens is 2. The smallest absolute Gasteiger partial charge is 0.115 e. The Morgan fingerprint density at radius 1 is 1.25 bits per heavy atom. The fourth-order valence-corrected chi connectivity index (χ4v) is 3.28. The lowest BCUT2D eigenvalue weighted by atomic mass is 9.84. The normalized spacial score (nSPS) is 20.8. The third-order valence-electron chi connectivity index (χ3n) is 4.68. The second-order valence-corrected chi connectivity index (χ2v) is 5.96. The molecule has 1 N–H and O–H groups in total. The molecule has 1 aliphatic heterocycles. The largest absolute Gasteiger partial charge is 0.308 e. The molecule has 0 saturated carbocycles. The first kappa shape index (κ1) is 15.4. The van der Waals surface area contributed by atoms with Crippen LogP contribution in [0.15, 0.2) is 18.7 Å². The molecular formula is C16H28N4. The van der Waals surface area contributed by atoms with Crippen LogP contribution in [-0.4, -0.2) is 40.0 Å². The SMILES string of the molecule is CCCNC(c1cncnc1)C(C)(CC)N1CCCC1. The Morgan fingerprint density at radius 3 is 2.45 bits per heavy atom. The van der Waals surface area contributed by atoms with Crippen molar-refractivity contribution in [3.05, 3.63) is 24.3 Å². The predicted octanol–water partition coefficient (Wildman–Crippen LogP) is 2.78. The van der Waals surface area contributed by atoms with Crippen LogP contribution >= 0.6 is 0 Å². The maximum atomic E-state index is 4.22. The Morgan fingerprint density at radius 2 is 1.90 bits per heavy atom. The highest BCUT2D eigenvalue weighted by atomic mass is 15.2. The molecule has 1 saturated heterocycles. The Bertz CT molecular complexity index is 389. The predicted molar refractivity (Wildman–Crippen MR) is 82.6 cm³/mol. The number of nitrogens with zero attached hydrogens (tertiary/aromatic N) is 3. The van der Waals surface area contributed by atoms with Gasteiger partial charge in [0, 0.05) is 23.5 Å². The van der Waals surface area contributed by atoms with Crippen molar-refractivity contribution in [3.63, 3.8) is 0 Å². The van der Waals surface area contributed by atoms with Gasteiger partial charge in [-0.25, -0.2) is 9.97 Å². The minimum atomic E-state index is 0.135. The summed E-state index contributed by atoms with van der Waals surface area (Å²) in [6.07, 6.45) is 10.4. The van der Waals surface area contributed by atoms with Crippen molar-refractivity contribution in [2.45, 2.75) is 58.0 Å². The number of hydrogen-bond acceptors (Lipinski definition) is 4. The van der Waals surface area contributed by atoms with E-state index in [1.165, 1.54) is 31.5 Å². The molecular weight excluding hydrogens is 248 g/mol. The monoisotopic (exact) mass is 276 g/mol. The van der Waals surface area contributed by atoms with Crippen LogP contribution in [0.2, 0.25) is 0 Å². The van der Waals surface area contributed by atoms with E-state index in [0.717, 1.165) is 19.4 Å². The lowest BCUT2D eigenvalue weighted by molar-refractivity contribution is 0.0836. The van der Waals surface area contributed by atoms with E-state index in [4.69, 9.17) is 0 Å². The van der Waals surface area contributed by atoms with Gasteiger partial charge < -0.3 is 5.32 Å². The van der Waals surface area contributed by atoms with E-state index >= 15 is 0 Å². The van der Waals surface area contributed by atoms with Crippen LogP contribution in [0.3, 0.4) is 0 Å². The summed E-state index contributed by atoms with van der Waals surface area (Å²) < 4.78 is 0. The molecule has 1 aromatic heterocycles. The highest BCUT2D eigenvalue weighted by molar-refractivity contribution is 5.17. The molecule has 0 spiro atoms. The standard InChI is InChI=1S/C16H28N4/c1-4-8-19-15(14-11-17-13-18-12-14)16(3,5-2)20-9-6-7-10-20/h11-13,15,19H,4-10H2,1-3H3. The molecule has 4 nitrogen and oxygen atoms in total. The van der Waals surface area contributed by atoms with E-state index in [1.807, 2.05) is 12.4 Å². The molecule has 0 aliphatic carbocycles. The topological polar surface area (TPSA) is 41.1 Å². The Balaban J connectivity index is 2.27. The minimum absolute atomic E-state index is 0.135. The van der Waals surface area contributed by atoms with Crippen LogP contribution in [0.1, 0.15) is 58.1 Å². The molecule has 1 fully saturated rings. The molecule has 0 bridgehead atoms. The van der Waals surface area contributed by atoms with Gasteiger partial charge >= 0.3 is 0 Å². The van der Waals surface area contributed by atoms with E-state index in [2.05, 4.69) is 41.0 Å². The molecule has 20 heavy (non-hydrogen) atoms. The minimum Gasteiger partial charge on any atom is -0.308 e. The number of rotatable bonds is 7. The van der Waals surface area contributed by atoms with E-state index in [1.54, 1.807) is 6.33 Å². The summed E-state index contributed by atoms with van der Waals surface area (Å²) in [5.74, 6) is 0. The highest BCUT2D eigenvalue weighted by Gasteiger charge is 2.40. The van der Waals surface area contributed by atoms with Gasteiger partial charge in [-0.2, -0.15) is 0 Å². The van der Waals surface area contributed by atoms with Crippen LogP contribution in [-0.2, 0) is 0 Å². The van der Waals surface area contributed by atoms with Crippen LogP contribution < -0.4 is 5.32 Å². The lowest BCUT2D eigenvalue weighted by Gasteiger charge is -2.45. The molecule has 2 heterocycles. The summed E-state index contributed by atoms with van der Waals surface area (Å²) >= 11 is 0. The maximum absolute atomic E-state index is 4.22. The van der Waals surface area contributed by atoms with Gasteiger partial charge in [0.1, 0.15) is 6.33 Å². The average molecular weight is 276 g/mol. The third-order valence-corrected chi connectivity index (χ3v) is 4.68. The number of likely N-dealkylation sites (tertiary alicyclic amines) is 1. The molecule has 0 amide bonds. The summed E-state index contributed by atoms with van der Waals surface area (Å²) in [6, 6.07) is 0.298. The third kappa shape index (κ3) is 3.18. The van der Waals surface area contributed by atoms with Crippen molar-refractivity contribution < 1.29 is 0 Å². The summed E-state index contributed by atoms with van der Waals surface area (Å²) in [4.78, 5) is 11.1. The zero-order chi connectivity index (χ0) is 14.4. The molecule has 112 valence electrons. The van der Waals surface area contributed by atoms with Crippen molar-refractivity contribution in [3.8, 4) is 0 Å². The van der Waals surface area contributed by atoms with E-state index in [0.29, 0.717) is 6.04 Å². The van der Waals surface area contributed by atoms with E-state index < -0.39 is 0 Å². The van der Waals surface area contributed by atoms with Gasteiger partial charge in [-0.3, -0.25) is 4.90 Å². The Hall–Kier alpha value is -1.00. The fourth-order valence-electron chi connectivity index (χ4n) is 3.28. The maximum Gasteiger partial charge on any atom is 0.115 e. The van der Waals surface area contributed by atoms with Crippen LogP contribution in [0.5, 0.6) is 0 Å². The molecule has 1 aromatic rings. The van der Waals surface area contributed by atoms with Crippen LogP contribution in [0, 0.1) is 0 Å². The lowest BCUT2D eigenvalue weighted by Crippen LogP contribution is -2.53. The summed E-state index contributed by atoms with van der Waals surface area (Å²) in [5, 5.41) is 3.73. The summed E-state index contributed by atoms with van der Waals surface area (Å²) in [7, 11) is 0. The second kappa shape index (κ2) is 7.14. The summed E-state index contributed by atoms with van der Waals surface area (Å²) in [5.41, 5.74) is 1.34. The first-order chi connectivity index (χ1) is 9.72.